The number of hydrogen-bond donors (Lipinski definition) is 2. The molecule has 0 saturated carbocycles. The molecule has 0 atom stereocenters. The highest BCUT2D eigenvalue weighted by molar-refractivity contribution is 9.10. The van der Waals surface area contributed by atoms with Gasteiger partial charge in [-0.2, -0.15) is 0 Å². The van der Waals surface area contributed by atoms with Crippen LogP contribution in [0.5, 0.6) is 0 Å². The van der Waals surface area contributed by atoms with Crippen LogP contribution in [0.3, 0.4) is 0 Å². The van der Waals surface area contributed by atoms with Crippen LogP contribution in [0.1, 0.15) is 37.2 Å². The lowest BCUT2D eigenvalue weighted by Crippen LogP contribution is -2.24. The summed E-state index contributed by atoms with van der Waals surface area (Å²) in [5.74, 6) is -0.0690. The van der Waals surface area contributed by atoms with Crippen molar-refractivity contribution >= 4 is 21.8 Å². The van der Waals surface area contributed by atoms with Crippen molar-refractivity contribution in [1.29, 1.82) is 0 Å². The average Bonchev–Trinajstić information content (AvgIpc) is 2.69. The van der Waals surface area contributed by atoms with Crippen molar-refractivity contribution in [3.8, 4) is 0 Å². The number of aromatic amines is 1. The molecule has 0 aliphatic carbocycles. The second-order valence-electron chi connectivity index (χ2n) is 4.11. The molecular formula is C12H19BrN2O2. The molecule has 17 heavy (non-hydrogen) atoms. The summed E-state index contributed by atoms with van der Waals surface area (Å²) in [7, 11) is 0. The number of hydrogen-bond acceptors (Lipinski definition) is 2. The molecule has 1 rings (SSSR count). The summed E-state index contributed by atoms with van der Waals surface area (Å²) in [4.78, 5) is 14.5. The molecular weight excluding hydrogens is 284 g/mol. The van der Waals surface area contributed by atoms with Crippen LogP contribution in [0.15, 0.2) is 16.7 Å². The number of aromatic nitrogens is 1. The van der Waals surface area contributed by atoms with E-state index in [0.717, 1.165) is 23.9 Å². The topological polar surface area (TPSA) is 54.1 Å². The minimum absolute atomic E-state index is 0.0690. The monoisotopic (exact) mass is 302 g/mol. The molecule has 1 aromatic heterocycles. The number of rotatable bonds is 7. The molecule has 0 bridgehead atoms. The Kier molecular flexibility index (Phi) is 6.29. The van der Waals surface area contributed by atoms with Crippen LogP contribution in [0.4, 0.5) is 0 Å². The lowest BCUT2D eigenvalue weighted by molar-refractivity contribution is 0.0754. The molecule has 0 aliphatic heterocycles. The summed E-state index contributed by atoms with van der Waals surface area (Å²) >= 11 is 3.29. The second-order valence-corrected chi connectivity index (χ2v) is 5.03. The van der Waals surface area contributed by atoms with Gasteiger partial charge in [0.05, 0.1) is 6.10 Å². The van der Waals surface area contributed by atoms with Crippen molar-refractivity contribution in [3.63, 3.8) is 0 Å². The minimum Gasteiger partial charge on any atom is -0.379 e. The van der Waals surface area contributed by atoms with Gasteiger partial charge in [-0.1, -0.05) is 0 Å². The highest BCUT2D eigenvalue weighted by Crippen LogP contribution is 2.10. The summed E-state index contributed by atoms with van der Waals surface area (Å²) in [6, 6.07) is 1.76. The van der Waals surface area contributed by atoms with E-state index in [1.807, 2.05) is 13.8 Å². The van der Waals surface area contributed by atoms with Crippen LogP contribution in [0.25, 0.3) is 0 Å². The molecule has 0 saturated heterocycles. The third kappa shape index (κ3) is 5.89. The Morgan fingerprint density at radius 2 is 2.29 bits per heavy atom. The van der Waals surface area contributed by atoms with Gasteiger partial charge in [-0.15, -0.1) is 0 Å². The number of carbonyl (C=O) groups excluding carboxylic acids is 1. The Morgan fingerprint density at radius 3 is 2.88 bits per heavy atom. The molecule has 1 amide bonds. The summed E-state index contributed by atoms with van der Waals surface area (Å²) in [5, 5.41) is 2.85. The molecule has 1 aromatic rings. The molecule has 2 N–H and O–H groups in total. The minimum atomic E-state index is -0.0690. The van der Waals surface area contributed by atoms with Gasteiger partial charge in [0.2, 0.25) is 0 Å². The maximum atomic E-state index is 11.6. The van der Waals surface area contributed by atoms with Crippen LogP contribution < -0.4 is 5.32 Å². The van der Waals surface area contributed by atoms with E-state index in [1.165, 1.54) is 0 Å². The number of carbonyl (C=O) groups is 1. The number of amides is 1. The highest BCUT2D eigenvalue weighted by Gasteiger charge is 2.06. The predicted molar refractivity (Wildman–Crippen MR) is 71.1 cm³/mol. The zero-order chi connectivity index (χ0) is 12.7. The first-order chi connectivity index (χ1) is 8.09. The van der Waals surface area contributed by atoms with Crippen molar-refractivity contribution in [3.05, 3.63) is 22.4 Å². The van der Waals surface area contributed by atoms with Gasteiger partial charge in [-0.25, -0.2) is 0 Å². The van der Waals surface area contributed by atoms with Gasteiger partial charge < -0.3 is 15.0 Å². The summed E-state index contributed by atoms with van der Waals surface area (Å²) in [6.45, 7) is 5.47. The average molecular weight is 303 g/mol. The normalized spacial score (nSPS) is 10.8. The fourth-order valence-corrected chi connectivity index (χ4v) is 1.69. The Bertz CT molecular complexity index is 350. The van der Waals surface area contributed by atoms with E-state index in [-0.39, 0.29) is 12.0 Å². The van der Waals surface area contributed by atoms with Crippen LogP contribution in [0.2, 0.25) is 0 Å². The van der Waals surface area contributed by atoms with Crippen LogP contribution in [0, 0.1) is 0 Å². The van der Waals surface area contributed by atoms with E-state index in [4.69, 9.17) is 4.74 Å². The Hall–Kier alpha value is -0.810. The predicted octanol–water partition coefficient (Wildman–Crippen LogP) is 2.71. The van der Waals surface area contributed by atoms with Crippen molar-refractivity contribution < 1.29 is 9.53 Å². The maximum absolute atomic E-state index is 11.6. The first kappa shape index (κ1) is 14.3. The van der Waals surface area contributed by atoms with Gasteiger partial charge >= 0.3 is 0 Å². The summed E-state index contributed by atoms with van der Waals surface area (Å²) in [6.07, 6.45) is 3.92. The molecule has 1 heterocycles. The highest BCUT2D eigenvalue weighted by atomic mass is 79.9. The largest absolute Gasteiger partial charge is 0.379 e. The number of ether oxygens (including phenoxy) is 1. The molecule has 0 aliphatic rings. The van der Waals surface area contributed by atoms with Crippen LogP contribution in [-0.4, -0.2) is 30.1 Å². The van der Waals surface area contributed by atoms with Gasteiger partial charge in [0.25, 0.3) is 5.91 Å². The summed E-state index contributed by atoms with van der Waals surface area (Å²) < 4.78 is 6.29. The third-order valence-corrected chi connectivity index (χ3v) is 2.66. The fourth-order valence-electron chi connectivity index (χ4n) is 1.34. The van der Waals surface area contributed by atoms with Gasteiger partial charge in [-0.3, -0.25) is 4.79 Å². The van der Waals surface area contributed by atoms with Gasteiger partial charge in [0.15, 0.2) is 0 Å². The van der Waals surface area contributed by atoms with E-state index in [2.05, 4.69) is 26.2 Å². The van der Waals surface area contributed by atoms with E-state index in [9.17, 15) is 4.79 Å². The smallest absolute Gasteiger partial charge is 0.267 e. The first-order valence-corrected chi connectivity index (χ1v) is 6.62. The van der Waals surface area contributed by atoms with Crippen LogP contribution in [-0.2, 0) is 4.74 Å². The zero-order valence-electron chi connectivity index (χ0n) is 10.3. The van der Waals surface area contributed by atoms with E-state index >= 15 is 0 Å². The molecule has 0 unspecified atom stereocenters. The van der Waals surface area contributed by atoms with Crippen molar-refractivity contribution in [2.45, 2.75) is 32.8 Å². The quantitative estimate of drug-likeness (QED) is 0.761. The lowest BCUT2D eigenvalue weighted by Gasteiger charge is -2.07. The first-order valence-electron chi connectivity index (χ1n) is 5.83. The molecule has 0 fully saturated rings. The zero-order valence-corrected chi connectivity index (χ0v) is 11.8. The van der Waals surface area contributed by atoms with Crippen molar-refractivity contribution in [1.82, 2.24) is 10.3 Å². The Balaban J connectivity index is 2.09. The number of unbranched alkanes of at least 4 members (excludes halogenated alkanes) is 1. The molecule has 5 heteroatoms. The maximum Gasteiger partial charge on any atom is 0.267 e. The molecule has 0 spiro atoms. The standard InChI is InChI=1S/C12H19BrN2O2/c1-9(2)17-6-4-3-5-14-12(16)11-7-10(13)8-15-11/h7-9,15H,3-6H2,1-2H3,(H,14,16). The number of H-pyrrole nitrogens is 1. The second kappa shape index (κ2) is 7.50. The van der Waals surface area contributed by atoms with Gasteiger partial charge in [0.1, 0.15) is 5.69 Å². The van der Waals surface area contributed by atoms with Gasteiger partial charge in [0, 0.05) is 23.8 Å². The molecule has 4 nitrogen and oxygen atoms in total. The SMILES string of the molecule is CC(C)OCCCCNC(=O)c1cc(Br)c[nH]1. The van der Waals surface area contributed by atoms with Crippen molar-refractivity contribution in [2.75, 3.05) is 13.2 Å². The Morgan fingerprint density at radius 1 is 1.53 bits per heavy atom. The molecule has 0 aromatic carbocycles. The van der Waals surface area contributed by atoms with E-state index in [0.29, 0.717) is 12.2 Å². The lowest BCUT2D eigenvalue weighted by atomic mass is 10.3. The fraction of sp³-hybridized carbons (Fsp3) is 0.583. The number of halogens is 1. The third-order valence-electron chi connectivity index (χ3n) is 2.20. The van der Waals surface area contributed by atoms with Crippen LogP contribution >= 0.6 is 15.9 Å². The van der Waals surface area contributed by atoms with Gasteiger partial charge in [-0.05, 0) is 48.7 Å². The molecule has 0 radical (unpaired) electrons. The number of nitrogens with one attached hydrogen (secondary N) is 2. The molecule has 96 valence electrons. The van der Waals surface area contributed by atoms with E-state index < -0.39 is 0 Å². The Labute approximate surface area is 110 Å². The van der Waals surface area contributed by atoms with Crippen molar-refractivity contribution in [2.24, 2.45) is 0 Å². The summed E-state index contributed by atoms with van der Waals surface area (Å²) in [5.41, 5.74) is 0.579. The van der Waals surface area contributed by atoms with E-state index in [1.54, 1.807) is 12.3 Å².